The van der Waals surface area contributed by atoms with Crippen molar-refractivity contribution in [2.75, 3.05) is 17.7 Å². The number of nitrogens with zero attached hydrogens (tertiary/aromatic N) is 5. The summed E-state index contributed by atoms with van der Waals surface area (Å²) in [5, 5.41) is 15.9. The molecule has 0 saturated heterocycles. The summed E-state index contributed by atoms with van der Waals surface area (Å²) in [5.74, 6) is 0.707. The van der Waals surface area contributed by atoms with Crippen LogP contribution in [-0.2, 0) is 0 Å². The number of anilines is 2. The summed E-state index contributed by atoms with van der Waals surface area (Å²) >= 11 is 6.57. The number of nitrogens with one attached hydrogen (secondary N) is 2. The van der Waals surface area contributed by atoms with Gasteiger partial charge in [0.25, 0.3) is 0 Å². The standard InChI is InChI=1S/C22H19ClFN7/c1-12(30-22-20(25-2)21(26-3)27-11-28-22)16-10-17(23)15-7-8-29-31-19(15)18(16)13-5-4-6-14(24)9-13/h4-12H,2H2,1,3H3,(H2,26,27,28,30). The SMILES string of the molecule is C=Nc1c(NC)ncnc1NC(C)c1cc(Cl)c2ccnnc2c1-c1cccc(F)c1. The van der Waals surface area contributed by atoms with Crippen LogP contribution in [0.25, 0.3) is 22.0 Å². The Kier molecular flexibility index (Phi) is 5.73. The van der Waals surface area contributed by atoms with E-state index in [1.54, 1.807) is 25.4 Å². The van der Waals surface area contributed by atoms with Gasteiger partial charge in [-0.15, -0.1) is 5.10 Å². The molecule has 2 N–H and O–H groups in total. The molecule has 0 aliphatic carbocycles. The van der Waals surface area contributed by atoms with Crippen molar-refractivity contribution in [2.24, 2.45) is 4.99 Å². The highest BCUT2D eigenvalue weighted by Crippen LogP contribution is 2.40. The van der Waals surface area contributed by atoms with E-state index in [9.17, 15) is 4.39 Å². The molecule has 2 aromatic carbocycles. The molecule has 0 aliphatic rings. The first-order valence-electron chi connectivity index (χ1n) is 9.49. The maximum Gasteiger partial charge on any atom is 0.158 e. The first kappa shape index (κ1) is 20.6. The summed E-state index contributed by atoms with van der Waals surface area (Å²) in [6.45, 7) is 5.57. The van der Waals surface area contributed by atoms with Gasteiger partial charge in [-0.05, 0) is 49.0 Å². The molecule has 31 heavy (non-hydrogen) atoms. The van der Waals surface area contributed by atoms with Crippen molar-refractivity contribution in [3.8, 4) is 11.1 Å². The molecule has 0 fully saturated rings. The van der Waals surface area contributed by atoms with Crippen molar-refractivity contribution < 1.29 is 4.39 Å². The minimum absolute atomic E-state index is 0.290. The van der Waals surface area contributed by atoms with Gasteiger partial charge >= 0.3 is 0 Å². The second-order valence-corrected chi connectivity index (χ2v) is 7.23. The number of fused-ring (bicyclic) bond motifs is 1. The van der Waals surface area contributed by atoms with Crippen molar-refractivity contribution in [2.45, 2.75) is 13.0 Å². The second-order valence-electron chi connectivity index (χ2n) is 6.82. The predicted molar refractivity (Wildman–Crippen MR) is 123 cm³/mol. The molecule has 4 rings (SSSR count). The molecular formula is C22H19ClFN7. The number of halogens is 2. The van der Waals surface area contributed by atoms with E-state index in [2.05, 4.69) is 42.5 Å². The lowest BCUT2D eigenvalue weighted by atomic mass is 9.92. The van der Waals surface area contributed by atoms with Crippen LogP contribution in [0.15, 0.2) is 53.9 Å². The molecule has 156 valence electrons. The van der Waals surface area contributed by atoms with E-state index in [1.165, 1.54) is 18.5 Å². The molecule has 4 aromatic rings. The Morgan fingerprint density at radius 2 is 1.97 bits per heavy atom. The average Bonchev–Trinajstić information content (AvgIpc) is 2.78. The molecule has 1 atom stereocenters. The van der Waals surface area contributed by atoms with Gasteiger partial charge in [-0.25, -0.2) is 14.4 Å². The fourth-order valence-corrected chi connectivity index (χ4v) is 3.79. The minimum atomic E-state index is -0.344. The smallest absolute Gasteiger partial charge is 0.158 e. The van der Waals surface area contributed by atoms with Crippen LogP contribution >= 0.6 is 11.6 Å². The van der Waals surface area contributed by atoms with Gasteiger partial charge in [0.1, 0.15) is 23.3 Å². The molecular weight excluding hydrogens is 417 g/mol. The van der Waals surface area contributed by atoms with Crippen LogP contribution in [0.1, 0.15) is 18.5 Å². The maximum atomic E-state index is 14.1. The van der Waals surface area contributed by atoms with Crippen molar-refractivity contribution >= 4 is 46.5 Å². The number of aliphatic imine (C=N–C) groups is 1. The van der Waals surface area contributed by atoms with Crippen molar-refractivity contribution in [1.82, 2.24) is 20.2 Å². The zero-order valence-electron chi connectivity index (χ0n) is 16.9. The number of aromatic nitrogens is 4. The third-order valence-corrected chi connectivity index (χ3v) is 5.25. The van der Waals surface area contributed by atoms with Crippen LogP contribution in [0.4, 0.5) is 21.7 Å². The number of rotatable bonds is 6. The molecule has 2 aromatic heterocycles. The highest BCUT2D eigenvalue weighted by molar-refractivity contribution is 6.36. The highest BCUT2D eigenvalue weighted by Gasteiger charge is 2.21. The van der Waals surface area contributed by atoms with E-state index < -0.39 is 0 Å². The largest absolute Gasteiger partial charge is 0.371 e. The summed E-state index contributed by atoms with van der Waals surface area (Å²) in [4.78, 5) is 12.5. The van der Waals surface area contributed by atoms with Gasteiger partial charge < -0.3 is 10.6 Å². The van der Waals surface area contributed by atoms with Gasteiger partial charge in [0, 0.05) is 18.0 Å². The molecule has 0 radical (unpaired) electrons. The molecule has 0 bridgehead atoms. The number of hydrogen-bond acceptors (Lipinski definition) is 7. The third-order valence-electron chi connectivity index (χ3n) is 4.94. The van der Waals surface area contributed by atoms with Crippen LogP contribution in [0, 0.1) is 5.82 Å². The number of benzene rings is 2. The molecule has 0 amide bonds. The first-order valence-corrected chi connectivity index (χ1v) is 9.87. The van der Waals surface area contributed by atoms with Gasteiger partial charge in [-0.3, -0.25) is 4.99 Å². The summed E-state index contributed by atoms with van der Waals surface area (Å²) in [5.41, 5.74) is 3.30. The van der Waals surface area contributed by atoms with E-state index in [0.29, 0.717) is 33.4 Å². The zero-order valence-corrected chi connectivity index (χ0v) is 17.7. The first-order chi connectivity index (χ1) is 15.0. The zero-order chi connectivity index (χ0) is 22.0. The lowest BCUT2D eigenvalue weighted by molar-refractivity contribution is 0.628. The Morgan fingerprint density at radius 3 is 2.71 bits per heavy atom. The quantitative estimate of drug-likeness (QED) is 0.393. The molecule has 0 aliphatic heterocycles. The van der Waals surface area contributed by atoms with Crippen molar-refractivity contribution in [1.29, 1.82) is 0 Å². The molecule has 1 unspecified atom stereocenters. The van der Waals surface area contributed by atoms with E-state index in [-0.39, 0.29) is 11.9 Å². The second kappa shape index (κ2) is 8.61. The fourth-order valence-electron chi connectivity index (χ4n) is 3.52. The van der Waals surface area contributed by atoms with Crippen LogP contribution in [0.5, 0.6) is 0 Å². The highest BCUT2D eigenvalue weighted by atomic mass is 35.5. The molecule has 9 heteroatoms. The normalized spacial score (nSPS) is 11.9. The Balaban J connectivity index is 1.90. The summed E-state index contributed by atoms with van der Waals surface area (Å²) < 4.78 is 14.1. The van der Waals surface area contributed by atoms with Gasteiger partial charge in [0.15, 0.2) is 11.6 Å². The lowest BCUT2D eigenvalue weighted by Crippen LogP contribution is -2.11. The van der Waals surface area contributed by atoms with E-state index in [1.807, 2.05) is 19.1 Å². The van der Waals surface area contributed by atoms with Crippen LogP contribution in [-0.4, -0.2) is 33.9 Å². The predicted octanol–water partition coefficient (Wildman–Crippen LogP) is 5.43. The Bertz CT molecular complexity index is 1280. The fraction of sp³-hybridized carbons (Fsp3) is 0.136. The van der Waals surface area contributed by atoms with Crippen molar-refractivity contribution in [3.63, 3.8) is 0 Å². The Labute approximate surface area is 183 Å². The summed E-state index contributed by atoms with van der Waals surface area (Å²) in [6, 6.07) is 9.71. The van der Waals surface area contributed by atoms with Crippen molar-refractivity contribution in [3.05, 3.63) is 65.3 Å². The molecule has 0 spiro atoms. The molecule has 7 nitrogen and oxygen atoms in total. The van der Waals surface area contributed by atoms with E-state index in [0.717, 1.165) is 16.5 Å². The lowest BCUT2D eigenvalue weighted by Gasteiger charge is -2.21. The average molecular weight is 436 g/mol. The number of hydrogen-bond donors (Lipinski definition) is 2. The minimum Gasteiger partial charge on any atom is -0.371 e. The van der Waals surface area contributed by atoms with Gasteiger partial charge in [-0.1, -0.05) is 23.7 Å². The summed E-state index contributed by atoms with van der Waals surface area (Å²) in [6.07, 6.45) is 3.01. The van der Waals surface area contributed by atoms with Crippen LogP contribution in [0.2, 0.25) is 5.02 Å². The Hall–Kier alpha value is -3.65. The van der Waals surface area contributed by atoms with Gasteiger partial charge in [-0.2, -0.15) is 5.10 Å². The molecule has 2 heterocycles. The van der Waals surface area contributed by atoms with E-state index in [4.69, 9.17) is 11.6 Å². The van der Waals surface area contributed by atoms with Crippen LogP contribution in [0.3, 0.4) is 0 Å². The monoisotopic (exact) mass is 435 g/mol. The van der Waals surface area contributed by atoms with E-state index >= 15 is 0 Å². The topological polar surface area (TPSA) is 88.0 Å². The Morgan fingerprint density at radius 1 is 1.16 bits per heavy atom. The van der Waals surface area contributed by atoms with Gasteiger partial charge in [0.05, 0.1) is 17.3 Å². The van der Waals surface area contributed by atoms with Gasteiger partial charge in [0.2, 0.25) is 0 Å². The third kappa shape index (κ3) is 3.89. The summed E-state index contributed by atoms with van der Waals surface area (Å²) in [7, 11) is 1.74. The molecule has 0 saturated carbocycles. The maximum absolute atomic E-state index is 14.1. The van der Waals surface area contributed by atoms with Crippen LogP contribution < -0.4 is 10.6 Å².